The van der Waals surface area contributed by atoms with E-state index in [9.17, 15) is 0 Å². The Labute approximate surface area is 116 Å². The molecule has 19 heavy (non-hydrogen) atoms. The molecule has 0 aliphatic carbocycles. The Morgan fingerprint density at radius 1 is 1.16 bits per heavy atom. The van der Waals surface area contributed by atoms with Gasteiger partial charge >= 0.3 is 0 Å². The van der Waals surface area contributed by atoms with Crippen LogP contribution in [0.5, 0.6) is 5.75 Å². The standard InChI is InChI=1S/C16H24N2O/c1-3-13-19-16-8-6-5-7-15(16)14-18-11-9-17(4-2)10-12-18/h3,5-8H,1,4,9-14H2,2H3. The SMILES string of the molecule is C=CCOc1ccccc1CN1CCN(CC)CC1. The van der Waals surface area contributed by atoms with Crippen LogP contribution in [0.1, 0.15) is 12.5 Å². The predicted molar refractivity (Wildman–Crippen MR) is 79.5 cm³/mol. The molecule has 1 aromatic carbocycles. The van der Waals surface area contributed by atoms with Crippen molar-refractivity contribution in [3.05, 3.63) is 42.5 Å². The number of nitrogens with zero attached hydrogens (tertiary/aromatic N) is 2. The maximum atomic E-state index is 5.71. The van der Waals surface area contributed by atoms with Gasteiger partial charge in [0.15, 0.2) is 0 Å². The summed E-state index contributed by atoms with van der Waals surface area (Å²) < 4.78 is 5.71. The smallest absolute Gasteiger partial charge is 0.124 e. The summed E-state index contributed by atoms with van der Waals surface area (Å²) in [5, 5.41) is 0. The Morgan fingerprint density at radius 3 is 2.53 bits per heavy atom. The first kappa shape index (κ1) is 14.1. The summed E-state index contributed by atoms with van der Waals surface area (Å²) in [6.07, 6.45) is 1.79. The van der Waals surface area contributed by atoms with Gasteiger partial charge in [0.1, 0.15) is 12.4 Å². The zero-order chi connectivity index (χ0) is 13.5. The van der Waals surface area contributed by atoms with Gasteiger partial charge < -0.3 is 9.64 Å². The average Bonchev–Trinajstić information content (AvgIpc) is 2.47. The Morgan fingerprint density at radius 2 is 1.84 bits per heavy atom. The molecule has 0 aromatic heterocycles. The van der Waals surface area contributed by atoms with Gasteiger partial charge in [-0.25, -0.2) is 0 Å². The second kappa shape index (κ2) is 7.31. The molecule has 1 fully saturated rings. The summed E-state index contributed by atoms with van der Waals surface area (Å²) in [7, 11) is 0. The topological polar surface area (TPSA) is 15.7 Å². The number of hydrogen-bond donors (Lipinski definition) is 0. The largest absolute Gasteiger partial charge is 0.489 e. The van der Waals surface area contributed by atoms with Crippen LogP contribution in [0.4, 0.5) is 0 Å². The third-order valence-electron chi connectivity index (χ3n) is 3.64. The van der Waals surface area contributed by atoms with Crippen molar-refractivity contribution in [1.82, 2.24) is 9.80 Å². The molecular weight excluding hydrogens is 236 g/mol. The van der Waals surface area contributed by atoms with E-state index in [1.165, 1.54) is 18.7 Å². The molecule has 0 amide bonds. The van der Waals surface area contributed by atoms with Gasteiger partial charge in [0.05, 0.1) is 0 Å². The molecule has 0 bridgehead atoms. The van der Waals surface area contributed by atoms with Crippen LogP contribution in [-0.2, 0) is 6.54 Å². The molecule has 104 valence electrons. The minimum atomic E-state index is 0.570. The normalized spacial score (nSPS) is 17.3. The molecule has 2 rings (SSSR count). The number of rotatable bonds is 6. The highest BCUT2D eigenvalue weighted by Gasteiger charge is 2.16. The fourth-order valence-electron chi connectivity index (χ4n) is 2.43. The third-order valence-corrected chi connectivity index (χ3v) is 3.64. The molecule has 1 heterocycles. The van der Waals surface area contributed by atoms with Gasteiger partial charge in [0.2, 0.25) is 0 Å². The van der Waals surface area contributed by atoms with Crippen molar-refractivity contribution in [2.24, 2.45) is 0 Å². The van der Waals surface area contributed by atoms with Crippen LogP contribution >= 0.6 is 0 Å². The summed E-state index contributed by atoms with van der Waals surface area (Å²) in [5.74, 6) is 0.986. The fourth-order valence-corrected chi connectivity index (χ4v) is 2.43. The van der Waals surface area contributed by atoms with Crippen LogP contribution in [0, 0.1) is 0 Å². The second-order valence-corrected chi connectivity index (χ2v) is 4.92. The lowest BCUT2D eigenvalue weighted by Gasteiger charge is -2.34. The second-order valence-electron chi connectivity index (χ2n) is 4.92. The van der Waals surface area contributed by atoms with Gasteiger partial charge in [-0.1, -0.05) is 37.8 Å². The molecular formula is C16H24N2O. The first-order chi connectivity index (χ1) is 9.33. The summed E-state index contributed by atoms with van der Waals surface area (Å²) in [5.41, 5.74) is 1.27. The maximum Gasteiger partial charge on any atom is 0.124 e. The van der Waals surface area contributed by atoms with Gasteiger partial charge in [-0.2, -0.15) is 0 Å². The molecule has 3 nitrogen and oxygen atoms in total. The van der Waals surface area contributed by atoms with E-state index in [0.29, 0.717) is 6.61 Å². The fraction of sp³-hybridized carbons (Fsp3) is 0.500. The first-order valence-corrected chi connectivity index (χ1v) is 7.09. The first-order valence-electron chi connectivity index (χ1n) is 7.09. The molecule has 0 unspecified atom stereocenters. The van der Waals surface area contributed by atoms with Crippen LogP contribution in [0.25, 0.3) is 0 Å². The third kappa shape index (κ3) is 4.08. The number of benzene rings is 1. The molecule has 0 spiro atoms. The molecule has 1 aromatic rings. The molecule has 1 aliphatic heterocycles. The molecule has 0 atom stereocenters. The van der Waals surface area contributed by atoms with Gasteiger partial charge in [-0.3, -0.25) is 4.90 Å². The highest BCUT2D eigenvalue weighted by molar-refractivity contribution is 5.33. The number of likely N-dealkylation sites (N-methyl/N-ethyl adjacent to an activating group) is 1. The van der Waals surface area contributed by atoms with Crippen molar-refractivity contribution in [3.8, 4) is 5.75 Å². The zero-order valence-corrected chi connectivity index (χ0v) is 11.8. The number of hydrogen-bond acceptors (Lipinski definition) is 3. The van der Waals surface area contributed by atoms with Crippen LogP contribution < -0.4 is 4.74 Å². The monoisotopic (exact) mass is 260 g/mol. The van der Waals surface area contributed by atoms with Crippen molar-refractivity contribution < 1.29 is 4.74 Å². The number of para-hydroxylation sites is 1. The van der Waals surface area contributed by atoms with E-state index < -0.39 is 0 Å². The molecule has 0 radical (unpaired) electrons. The van der Waals surface area contributed by atoms with E-state index in [0.717, 1.165) is 31.9 Å². The molecule has 1 aliphatic rings. The van der Waals surface area contributed by atoms with E-state index in [2.05, 4.69) is 35.4 Å². The highest BCUT2D eigenvalue weighted by atomic mass is 16.5. The maximum absolute atomic E-state index is 5.71. The van der Waals surface area contributed by atoms with Crippen molar-refractivity contribution in [3.63, 3.8) is 0 Å². The lowest BCUT2D eigenvalue weighted by atomic mass is 10.1. The van der Waals surface area contributed by atoms with E-state index >= 15 is 0 Å². The minimum absolute atomic E-state index is 0.570. The van der Waals surface area contributed by atoms with Gasteiger partial charge in [0, 0.05) is 38.3 Å². The molecule has 3 heteroatoms. The lowest BCUT2D eigenvalue weighted by Crippen LogP contribution is -2.45. The Balaban J connectivity index is 1.93. The van der Waals surface area contributed by atoms with Crippen molar-refractivity contribution in [2.75, 3.05) is 39.3 Å². The Bertz CT molecular complexity index is 397. The molecule has 0 N–H and O–H groups in total. The number of piperazine rings is 1. The van der Waals surface area contributed by atoms with Crippen molar-refractivity contribution in [1.29, 1.82) is 0 Å². The van der Waals surface area contributed by atoms with Crippen LogP contribution in [-0.4, -0.2) is 49.1 Å². The van der Waals surface area contributed by atoms with Gasteiger partial charge in [-0.05, 0) is 12.6 Å². The van der Waals surface area contributed by atoms with E-state index in [4.69, 9.17) is 4.74 Å². The van der Waals surface area contributed by atoms with Crippen molar-refractivity contribution >= 4 is 0 Å². The summed E-state index contributed by atoms with van der Waals surface area (Å²) in [4.78, 5) is 5.00. The van der Waals surface area contributed by atoms with E-state index in [1.807, 2.05) is 12.1 Å². The van der Waals surface area contributed by atoms with Crippen LogP contribution in [0.3, 0.4) is 0 Å². The summed E-state index contributed by atoms with van der Waals surface area (Å²) in [6, 6.07) is 8.31. The van der Waals surface area contributed by atoms with E-state index in [1.54, 1.807) is 6.08 Å². The van der Waals surface area contributed by atoms with Crippen LogP contribution in [0.2, 0.25) is 0 Å². The molecule has 1 saturated heterocycles. The van der Waals surface area contributed by atoms with Gasteiger partial charge in [0.25, 0.3) is 0 Å². The quantitative estimate of drug-likeness (QED) is 0.730. The predicted octanol–water partition coefficient (Wildman–Crippen LogP) is 2.39. The Hall–Kier alpha value is -1.32. The van der Waals surface area contributed by atoms with Crippen LogP contribution in [0.15, 0.2) is 36.9 Å². The zero-order valence-electron chi connectivity index (χ0n) is 11.8. The van der Waals surface area contributed by atoms with E-state index in [-0.39, 0.29) is 0 Å². The highest BCUT2D eigenvalue weighted by Crippen LogP contribution is 2.20. The average molecular weight is 260 g/mol. The number of ether oxygens (including phenoxy) is 1. The van der Waals surface area contributed by atoms with Crippen molar-refractivity contribution in [2.45, 2.75) is 13.5 Å². The van der Waals surface area contributed by atoms with Gasteiger partial charge in [-0.15, -0.1) is 0 Å². The summed E-state index contributed by atoms with van der Waals surface area (Å²) >= 11 is 0. The minimum Gasteiger partial charge on any atom is -0.489 e. The molecule has 0 saturated carbocycles. The summed E-state index contributed by atoms with van der Waals surface area (Å²) in [6.45, 7) is 13.3. The lowest BCUT2D eigenvalue weighted by molar-refractivity contribution is 0.131. The Kier molecular flexibility index (Phi) is 5.43.